The summed E-state index contributed by atoms with van der Waals surface area (Å²) >= 11 is 0. The number of fused-ring (bicyclic) bond motifs is 3. The molecule has 98 heavy (non-hydrogen) atoms. The number of allylic oxidation sites excluding steroid dienone is 7. The van der Waals surface area contributed by atoms with Crippen molar-refractivity contribution in [1.29, 1.82) is 0 Å². The topological polar surface area (TPSA) is 198 Å². The van der Waals surface area contributed by atoms with E-state index >= 15 is 0 Å². The van der Waals surface area contributed by atoms with Crippen LogP contribution in [0, 0.1) is 46.3 Å². The number of urea groups is 2. The minimum absolute atomic E-state index is 0. The van der Waals surface area contributed by atoms with Gasteiger partial charge in [-0.05, 0) is 293 Å². The predicted octanol–water partition coefficient (Wildman–Crippen LogP) is 18.1. The van der Waals surface area contributed by atoms with E-state index in [1.54, 1.807) is 27.1 Å². The predicted molar refractivity (Wildman–Crippen MR) is 399 cm³/mol. The Morgan fingerprint density at radius 1 is 0.582 bits per heavy atom. The van der Waals surface area contributed by atoms with Gasteiger partial charge in [-0.2, -0.15) is 0 Å². The highest BCUT2D eigenvalue weighted by molar-refractivity contribution is 6.17. The van der Waals surface area contributed by atoms with Crippen molar-refractivity contribution < 1.29 is 30.0 Å². The number of imide groups is 1. The van der Waals surface area contributed by atoms with Crippen molar-refractivity contribution >= 4 is 29.1 Å². The molecule has 11 atom stereocenters. The molecule has 16 nitrogen and oxygen atoms in total. The molecular weight excluding hydrogens is 1220 g/mol. The number of aliphatic hydroxyl groups excluding tert-OH is 2. The first kappa shape index (κ1) is 76.2. The molecule has 4 N–H and O–H groups in total. The van der Waals surface area contributed by atoms with Gasteiger partial charge in [0.2, 0.25) is 0 Å². The monoisotopic (exact) mass is 1350 g/mol. The van der Waals surface area contributed by atoms with Crippen LogP contribution in [-0.4, -0.2) is 96.0 Å². The van der Waals surface area contributed by atoms with Crippen LogP contribution in [0.4, 0.5) is 26.7 Å². The summed E-state index contributed by atoms with van der Waals surface area (Å²) in [5.41, 5.74) is 10.2. The molecule has 13 rings (SSSR count). The maximum absolute atomic E-state index is 14.4. The van der Waals surface area contributed by atoms with Crippen molar-refractivity contribution in [2.75, 3.05) is 40.9 Å². The molecule has 0 spiro atoms. The molecule has 10 aliphatic rings. The standard InChI is InChI=1S/C40H58N4O4.C27H44O2.C13H14N4O2.2CH4/c1-27(10-8-20-39(2,3)48)34-18-19-35-28(11-9-21-40(34,35)4)24-36-33-25-32(45)17-12-29(33)26-42-37(46)43(38(47)44(36)42)31-15-13-30(14-16-31)41-22-6-5-7-23-41;1-19-10-13-23(28)18-22(19)12-11-21-9-7-17-27(5)24(14-15-25(21)27)20(2)8-6-16-26(3,4)29;18-12-14-15-13(19)17(12)11-6-4-10(5-7-11)16-8-2-1-3-9-16;;/h13-16,24,27,32,34-36,45,48H,5-12,17-23,25-26H2,1-4H3;11-12,20,23-25,28-29H,1,6-10,13-18H2,2-5H3;4-7H,1-3,8-9H2;2*1H4/b28-24+;21-11+,22-12-;;;/t27-,32+,34-,35+,36?,40-;20-,23+,24-,25+,27-;;;/m11.../s1. The first-order valence-corrected chi connectivity index (χ1v) is 37.5. The Morgan fingerprint density at radius 2 is 1.05 bits per heavy atom. The number of aromatic nitrogens is 3. The molecule has 0 bridgehead atoms. The number of piperidine rings is 2. The van der Waals surface area contributed by atoms with Gasteiger partial charge >= 0.3 is 23.4 Å². The van der Waals surface area contributed by atoms with Crippen LogP contribution in [0.3, 0.4) is 0 Å². The number of hydrogen-bond donors (Lipinski definition) is 4. The Hall–Kier alpha value is -5.94. The average Bonchev–Trinajstić information content (AvgIpc) is 1.58. The summed E-state index contributed by atoms with van der Waals surface area (Å²) in [6, 6.07) is 13.7. The van der Waals surface area contributed by atoms with E-state index in [0.29, 0.717) is 53.9 Å². The van der Waals surface area contributed by atoms with Crippen LogP contribution in [-0.2, 0) is 6.54 Å². The number of carbonyl (C=O) groups is 2. The van der Waals surface area contributed by atoms with Crippen LogP contribution in [0.5, 0.6) is 0 Å². The third-order valence-corrected chi connectivity index (χ3v) is 24.9. The molecule has 3 aromatic rings. The van der Waals surface area contributed by atoms with Gasteiger partial charge in [-0.15, -0.1) is 0 Å². The molecule has 4 amide bonds. The molecule has 540 valence electrons. The van der Waals surface area contributed by atoms with Crippen LogP contribution in [0.1, 0.15) is 256 Å². The number of aliphatic hydroxyl groups is 4. The van der Waals surface area contributed by atoms with Gasteiger partial charge in [0.1, 0.15) is 0 Å². The highest BCUT2D eigenvalue weighted by Crippen LogP contribution is 2.62. The lowest BCUT2D eigenvalue weighted by Gasteiger charge is -2.45. The Bertz CT molecular complexity index is 3510. The number of amides is 4. The number of azo groups is 1. The van der Waals surface area contributed by atoms with Crippen molar-refractivity contribution in [1.82, 2.24) is 13.9 Å². The summed E-state index contributed by atoms with van der Waals surface area (Å²) < 4.78 is 4.78. The van der Waals surface area contributed by atoms with E-state index < -0.39 is 29.4 Å². The van der Waals surface area contributed by atoms with Crippen LogP contribution in [0.25, 0.3) is 5.69 Å². The van der Waals surface area contributed by atoms with Gasteiger partial charge < -0.3 is 30.2 Å². The number of carbonyl (C=O) groups excluding carboxylic acids is 2. The maximum atomic E-state index is 14.4. The zero-order valence-electron chi connectivity index (χ0n) is 59.6. The van der Waals surface area contributed by atoms with Crippen molar-refractivity contribution in [2.45, 2.75) is 286 Å². The molecule has 16 heteroatoms. The fourth-order valence-corrected chi connectivity index (χ4v) is 19.7. The Balaban J connectivity index is 0.000000190. The highest BCUT2D eigenvalue weighted by Gasteiger charge is 2.52. The lowest BCUT2D eigenvalue weighted by molar-refractivity contribution is 0.0589. The number of hydrogen-bond acceptors (Lipinski definition) is 10. The van der Waals surface area contributed by atoms with Gasteiger partial charge in [0.15, 0.2) is 0 Å². The fourth-order valence-electron chi connectivity index (χ4n) is 19.7. The van der Waals surface area contributed by atoms with E-state index in [-0.39, 0.29) is 43.8 Å². The maximum Gasteiger partial charge on any atom is 0.375 e. The summed E-state index contributed by atoms with van der Waals surface area (Å²) in [6.45, 7) is 26.5. The Labute approximate surface area is 587 Å². The third kappa shape index (κ3) is 17.2. The normalized spacial score (nSPS) is 29.8. The van der Waals surface area contributed by atoms with Gasteiger partial charge in [-0.3, -0.25) is 0 Å². The highest BCUT2D eigenvalue weighted by atomic mass is 16.3. The Kier molecular flexibility index (Phi) is 25.2. The number of benzene rings is 2. The lowest BCUT2D eigenvalue weighted by atomic mass is 9.60. The minimum Gasteiger partial charge on any atom is -0.393 e. The molecule has 6 aliphatic carbocycles. The number of anilines is 3. The molecule has 1 aromatic heterocycles. The molecular formula is C82H124N8O8. The second-order valence-electron chi connectivity index (χ2n) is 32.7. The van der Waals surface area contributed by atoms with Gasteiger partial charge in [0.05, 0.1) is 47.4 Å². The fraction of sp³-hybridized carbons (Fsp3) is 0.683. The summed E-state index contributed by atoms with van der Waals surface area (Å²) in [5.74, 6) is 3.96. The van der Waals surface area contributed by atoms with Gasteiger partial charge in [0.25, 0.3) is 0 Å². The van der Waals surface area contributed by atoms with Gasteiger partial charge in [-0.25, -0.2) is 38.0 Å². The average molecular weight is 1350 g/mol. The van der Waals surface area contributed by atoms with Crippen LogP contribution in [0.2, 0.25) is 0 Å². The summed E-state index contributed by atoms with van der Waals surface area (Å²) in [7, 11) is 0. The third-order valence-electron chi connectivity index (χ3n) is 24.9. The van der Waals surface area contributed by atoms with Gasteiger partial charge in [-0.1, -0.05) is 120 Å². The van der Waals surface area contributed by atoms with Crippen molar-refractivity contribution in [2.24, 2.45) is 56.6 Å². The number of rotatable bonds is 16. The first-order valence-electron chi connectivity index (χ1n) is 37.5. The summed E-state index contributed by atoms with van der Waals surface area (Å²) in [4.78, 5) is 57.0. The molecule has 4 aliphatic heterocycles. The summed E-state index contributed by atoms with van der Waals surface area (Å²) in [6.07, 6.45) is 37.0. The molecule has 1 unspecified atom stereocenters. The van der Waals surface area contributed by atoms with E-state index in [2.05, 4.69) is 84.7 Å². The zero-order valence-corrected chi connectivity index (χ0v) is 59.6. The van der Waals surface area contributed by atoms with Crippen LogP contribution < -0.4 is 26.1 Å². The van der Waals surface area contributed by atoms with E-state index in [1.165, 1.54) is 117 Å². The van der Waals surface area contributed by atoms with Crippen LogP contribution in [0.15, 0.2) is 127 Å². The van der Waals surface area contributed by atoms with Crippen molar-refractivity contribution in [3.05, 3.63) is 128 Å². The molecule has 7 fully saturated rings. The van der Waals surface area contributed by atoms with Crippen molar-refractivity contribution in [3.63, 3.8) is 0 Å². The smallest absolute Gasteiger partial charge is 0.375 e. The van der Waals surface area contributed by atoms with Crippen molar-refractivity contribution in [3.8, 4) is 5.69 Å². The lowest BCUT2D eigenvalue weighted by Crippen LogP contribution is -2.39. The first-order chi connectivity index (χ1) is 45.8. The second-order valence-corrected chi connectivity index (χ2v) is 32.7. The minimum atomic E-state index is -0.629. The largest absolute Gasteiger partial charge is 0.393 e. The quantitative estimate of drug-likeness (QED) is 0.100. The van der Waals surface area contributed by atoms with E-state index in [9.17, 15) is 39.6 Å². The van der Waals surface area contributed by atoms with E-state index in [1.807, 2.05) is 52.0 Å². The second kappa shape index (κ2) is 32.4. The molecule has 2 aromatic carbocycles. The van der Waals surface area contributed by atoms with E-state index in [4.69, 9.17) is 0 Å². The van der Waals surface area contributed by atoms with Gasteiger partial charge in [0, 0.05) is 37.6 Å². The molecule has 5 heterocycles. The SMILES string of the molecule is C.C.C=C1CC[C@H](O)C/C1=C/C=C1\CCC[C@]2(C)[C@@H]([C@H](C)CCCC(C)(C)O)CC[C@@H]12.C[C@H](CCCC(C)(C)O)[C@H]1CC[C@H]2/C(=C/C3C4=C(CC[C@H](O)C4)Cn4c(=O)n(-c5ccc(N6CCCCC6)cc5)c(=O)n43)CCC[C@]12C.O=C1N=NC(=O)N1c1ccc(N2CCCCC2)cc1. The summed E-state index contributed by atoms with van der Waals surface area (Å²) in [5, 5.41) is 47.7. The van der Waals surface area contributed by atoms with Crippen LogP contribution >= 0.6 is 0 Å². The Morgan fingerprint density at radius 3 is 1.57 bits per heavy atom. The molecule has 5 saturated carbocycles. The number of nitrogens with zero attached hydrogens (tertiary/aromatic N) is 8. The zero-order chi connectivity index (χ0) is 68.3. The molecule has 2 saturated heterocycles. The molecule has 0 radical (unpaired) electrons. The van der Waals surface area contributed by atoms with E-state index in [0.717, 1.165) is 143 Å².